The van der Waals surface area contributed by atoms with E-state index < -0.39 is 24.1 Å². The summed E-state index contributed by atoms with van der Waals surface area (Å²) >= 11 is 0. The van der Waals surface area contributed by atoms with Crippen LogP contribution in [0.4, 0.5) is 18.9 Å². The molecule has 0 heterocycles. The Morgan fingerprint density at radius 2 is 2.11 bits per heavy atom. The maximum absolute atomic E-state index is 13.4. The smallest absolute Gasteiger partial charge is 0.387 e. The molecular formula is C11H12F3NO3. The normalized spacial score (nSPS) is 10.5. The number of nitrogen functional groups attached to an aromatic ring is 1. The quantitative estimate of drug-likeness (QED) is 0.653. The van der Waals surface area contributed by atoms with E-state index in [0.717, 1.165) is 12.1 Å². The maximum atomic E-state index is 13.4. The summed E-state index contributed by atoms with van der Waals surface area (Å²) in [7, 11) is 0. The Labute approximate surface area is 101 Å². The number of ether oxygens (including phenoxy) is 2. The van der Waals surface area contributed by atoms with Crippen molar-refractivity contribution in [3.63, 3.8) is 0 Å². The molecule has 0 aromatic heterocycles. The Morgan fingerprint density at radius 3 is 2.67 bits per heavy atom. The molecule has 0 aliphatic heterocycles. The molecule has 0 bridgehead atoms. The zero-order valence-electron chi connectivity index (χ0n) is 9.58. The molecule has 7 heteroatoms. The molecule has 0 saturated carbocycles. The Balaban J connectivity index is 2.89. The van der Waals surface area contributed by atoms with Crippen LogP contribution in [0.15, 0.2) is 12.1 Å². The standard InChI is InChI=1S/C11H12F3NO3/c1-2-17-10(16)4-6-3-7(12)9(5-8(6)15)18-11(13)14/h3,5,11H,2,4,15H2,1H3. The van der Waals surface area contributed by atoms with Gasteiger partial charge in [-0.25, -0.2) is 4.39 Å². The van der Waals surface area contributed by atoms with Crippen molar-refractivity contribution >= 4 is 11.7 Å². The van der Waals surface area contributed by atoms with E-state index in [1.165, 1.54) is 0 Å². The third-order valence-corrected chi connectivity index (χ3v) is 2.05. The number of carbonyl (C=O) groups excluding carboxylic acids is 1. The molecule has 0 aliphatic carbocycles. The molecule has 4 nitrogen and oxygen atoms in total. The SMILES string of the molecule is CCOC(=O)Cc1cc(F)c(OC(F)F)cc1N. The number of halogens is 3. The maximum Gasteiger partial charge on any atom is 0.387 e. The summed E-state index contributed by atoms with van der Waals surface area (Å²) in [5.74, 6) is -2.25. The topological polar surface area (TPSA) is 61.5 Å². The van der Waals surface area contributed by atoms with Crippen molar-refractivity contribution in [2.24, 2.45) is 0 Å². The van der Waals surface area contributed by atoms with E-state index in [9.17, 15) is 18.0 Å². The zero-order chi connectivity index (χ0) is 13.7. The van der Waals surface area contributed by atoms with Gasteiger partial charge in [-0.15, -0.1) is 0 Å². The molecule has 1 rings (SSSR count). The molecule has 0 unspecified atom stereocenters. The summed E-state index contributed by atoms with van der Waals surface area (Å²) in [6.45, 7) is -1.33. The van der Waals surface area contributed by atoms with Gasteiger partial charge < -0.3 is 15.2 Å². The predicted octanol–water partition coefficient (Wildman–Crippen LogP) is 2.11. The largest absolute Gasteiger partial charge is 0.466 e. The van der Waals surface area contributed by atoms with Crippen molar-refractivity contribution in [2.45, 2.75) is 20.0 Å². The van der Waals surface area contributed by atoms with Gasteiger partial charge in [0.2, 0.25) is 0 Å². The first-order chi connectivity index (χ1) is 8.43. The van der Waals surface area contributed by atoms with E-state index in [1.54, 1.807) is 6.92 Å². The van der Waals surface area contributed by atoms with Crippen LogP contribution in [-0.2, 0) is 16.0 Å². The second kappa shape index (κ2) is 6.13. The van der Waals surface area contributed by atoms with Crippen molar-refractivity contribution in [3.8, 4) is 5.75 Å². The Hall–Kier alpha value is -1.92. The highest BCUT2D eigenvalue weighted by Crippen LogP contribution is 2.26. The molecule has 0 saturated heterocycles. The zero-order valence-corrected chi connectivity index (χ0v) is 9.58. The highest BCUT2D eigenvalue weighted by atomic mass is 19.3. The lowest BCUT2D eigenvalue weighted by atomic mass is 10.1. The minimum absolute atomic E-state index is 0.0138. The fourth-order valence-corrected chi connectivity index (χ4v) is 1.32. The van der Waals surface area contributed by atoms with E-state index in [-0.39, 0.29) is 24.3 Å². The number of nitrogens with two attached hydrogens (primary N) is 1. The average molecular weight is 263 g/mol. The van der Waals surface area contributed by atoms with Gasteiger partial charge in [-0.3, -0.25) is 4.79 Å². The van der Waals surface area contributed by atoms with Gasteiger partial charge in [0.1, 0.15) is 0 Å². The van der Waals surface area contributed by atoms with Gasteiger partial charge in [0.05, 0.1) is 13.0 Å². The van der Waals surface area contributed by atoms with Crippen molar-refractivity contribution in [1.82, 2.24) is 0 Å². The number of anilines is 1. The van der Waals surface area contributed by atoms with Crippen molar-refractivity contribution in [2.75, 3.05) is 12.3 Å². The summed E-state index contributed by atoms with van der Waals surface area (Å²) < 4.78 is 45.8. The predicted molar refractivity (Wildman–Crippen MR) is 57.8 cm³/mol. The lowest BCUT2D eigenvalue weighted by Gasteiger charge is -2.10. The summed E-state index contributed by atoms with van der Waals surface area (Å²) in [4.78, 5) is 11.2. The van der Waals surface area contributed by atoms with E-state index in [0.29, 0.717) is 0 Å². The number of hydrogen-bond donors (Lipinski definition) is 1. The second-order valence-corrected chi connectivity index (χ2v) is 3.34. The van der Waals surface area contributed by atoms with Gasteiger partial charge in [0.25, 0.3) is 0 Å². The molecule has 18 heavy (non-hydrogen) atoms. The first-order valence-corrected chi connectivity index (χ1v) is 5.12. The Kier molecular flexibility index (Phi) is 4.82. The average Bonchev–Trinajstić information content (AvgIpc) is 2.25. The van der Waals surface area contributed by atoms with Crippen LogP contribution < -0.4 is 10.5 Å². The van der Waals surface area contributed by atoms with Gasteiger partial charge in [-0.05, 0) is 18.6 Å². The molecule has 100 valence electrons. The number of hydrogen-bond acceptors (Lipinski definition) is 4. The molecule has 0 amide bonds. The van der Waals surface area contributed by atoms with Gasteiger partial charge in [0, 0.05) is 11.8 Å². The van der Waals surface area contributed by atoms with E-state index in [2.05, 4.69) is 9.47 Å². The third kappa shape index (κ3) is 3.83. The van der Waals surface area contributed by atoms with Crippen LogP contribution in [0.1, 0.15) is 12.5 Å². The lowest BCUT2D eigenvalue weighted by Crippen LogP contribution is -2.11. The molecule has 2 N–H and O–H groups in total. The minimum Gasteiger partial charge on any atom is -0.466 e. The summed E-state index contributed by atoms with van der Waals surface area (Å²) in [6.07, 6.45) is -0.231. The fraction of sp³-hybridized carbons (Fsp3) is 0.364. The van der Waals surface area contributed by atoms with Crippen molar-refractivity contribution in [1.29, 1.82) is 0 Å². The number of alkyl halides is 2. The molecule has 1 aromatic carbocycles. The Morgan fingerprint density at radius 1 is 1.44 bits per heavy atom. The number of rotatable bonds is 5. The molecule has 1 aromatic rings. The van der Waals surface area contributed by atoms with Crippen LogP contribution in [0.5, 0.6) is 5.75 Å². The van der Waals surface area contributed by atoms with E-state index in [1.807, 2.05) is 0 Å². The number of esters is 1. The van der Waals surface area contributed by atoms with Gasteiger partial charge in [-0.2, -0.15) is 8.78 Å². The van der Waals surface area contributed by atoms with Crippen molar-refractivity contribution < 1.29 is 27.4 Å². The van der Waals surface area contributed by atoms with Crippen LogP contribution in [0.2, 0.25) is 0 Å². The molecule has 0 spiro atoms. The molecule has 0 aliphatic rings. The molecule has 0 radical (unpaired) electrons. The number of benzene rings is 1. The summed E-state index contributed by atoms with van der Waals surface area (Å²) in [5, 5.41) is 0. The van der Waals surface area contributed by atoms with Crippen LogP contribution in [-0.4, -0.2) is 19.2 Å². The number of carbonyl (C=O) groups is 1. The third-order valence-electron chi connectivity index (χ3n) is 2.05. The van der Waals surface area contributed by atoms with Gasteiger partial charge in [0.15, 0.2) is 11.6 Å². The minimum atomic E-state index is -3.14. The van der Waals surface area contributed by atoms with Crippen LogP contribution in [0.25, 0.3) is 0 Å². The monoisotopic (exact) mass is 263 g/mol. The first kappa shape index (κ1) is 14.1. The summed E-state index contributed by atoms with van der Waals surface area (Å²) in [5.41, 5.74) is 5.66. The van der Waals surface area contributed by atoms with Crippen LogP contribution >= 0.6 is 0 Å². The molecular weight excluding hydrogens is 251 g/mol. The highest BCUT2D eigenvalue weighted by Gasteiger charge is 2.15. The van der Waals surface area contributed by atoms with Crippen molar-refractivity contribution in [3.05, 3.63) is 23.5 Å². The van der Waals surface area contributed by atoms with Gasteiger partial charge >= 0.3 is 12.6 Å². The lowest BCUT2D eigenvalue weighted by molar-refractivity contribution is -0.142. The molecule has 0 fully saturated rings. The van der Waals surface area contributed by atoms with E-state index >= 15 is 0 Å². The fourth-order valence-electron chi connectivity index (χ4n) is 1.32. The second-order valence-electron chi connectivity index (χ2n) is 3.34. The van der Waals surface area contributed by atoms with E-state index in [4.69, 9.17) is 5.73 Å². The Bertz CT molecular complexity index is 438. The first-order valence-electron chi connectivity index (χ1n) is 5.12. The van der Waals surface area contributed by atoms with Crippen LogP contribution in [0.3, 0.4) is 0 Å². The van der Waals surface area contributed by atoms with Gasteiger partial charge in [-0.1, -0.05) is 0 Å². The highest BCUT2D eigenvalue weighted by molar-refractivity contribution is 5.75. The van der Waals surface area contributed by atoms with Crippen LogP contribution in [0, 0.1) is 5.82 Å². The summed E-state index contributed by atoms with van der Waals surface area (Å²) in [6, 6.07) is 1.79. The molecule has 0 atom stereocenters.